The van der Waals surface area contributed by atoms with Crippen LogP contribution < -0.4 is 0 Å². The molecule has 0 spiro atoms. The molecule has 1 aliphatic rings. The highest BCUT2D eigenvalue weighted by atomic mass is 32.2. The summed E-state index contributed by atoms with van der Waals surface area (Å²) >= 11 is 1.29. The summed E-state index contributed by atoms with van der Waals surface area (Å²) in [5, 5.41) is 9.88. The van der Waals surface area contributed by atoms with Crippen molar-refractivity contribution in [2.75, 3.05) is 12.4 Å². The summed E-state index contributed by atoms with van der Waals surface area (Å²) in [7, 11) is 0. The minimum absolute atomic E-state index is 0.199. The molecule has 106 valence electrons. The van der Waals surface area contributed by atoms with Crippen molar-refractivity contribution in [1.82, 2.24) is 4.98 Å². The Hall–Kier alpha value is -1.54. The van der Waals surface area contributed by atoms with Gasteiger partial charge >= 0.3 is 5.97 Å². The van der Waals surface area contributed by atoms with Gasteiger partial charge in [0, 0.05) is 5.69 Å². The number of ether oxygens (including phenoxy) is 1. The van der Waals surface area contributed by atoms with Crippen molar-refractivity contribution in [3.8, 4) is 6.07 Å². The second-order valence-corrected chi connectivity index (χ2v) is 5.96. The molecular weight excluding hydrogens is 272 g/mol. The lowest BCUT2D eigenvalue weighted by atomic mass is 9.87. The standard InChI is InChI=1S/C15H18N2O2S/c1-3-19-14(18)9-20-15-12(8-16)7-11-6-10(2)4-5-13(11)17-15/h7,10H,3-6,9H2,1-2H3. The maximum Gasteiger partial charge on any atom is 0.316 e. The van der Waals surface area contributed by atoms with E-state index < -0.39 is 0 Å². The van der Waals surface area contributed by atoms with Crippen molar-refractivity contribution in [1.29, 1.82) is 5.26 Å². The smallest absolute Gasteiger partial charge is 0.316 e. The van der Waals surface area contributed by atoms with Gasteiger partial charge in [-0.2, -0.15) is 5.26 Å². The van der Waals surface area contributed by atoms with Gasteiger partial charge in [-0.3, -0.25) is 4.79 Å². The van der Waals surface area contributed by atoms with Gasteiger partial charge in [0.25, 0.3) is 0 Å². The zero-order valence-electron chi connectivity index (χ0n) is 11.8. The van der Waals surface area contributed by atoms with E-state index in [0.717, 1.165) is 25.0 Å². The number of pyridine rings is 1. The quantitative estimate of drug-likeness (QED) is 0.630. The number of aryl methyl sites for hydroxylation is 1. The molecule has 1 heterocycles. The summed E-state index contributed by atoms with van der Waals surface area (Å²) in [4.78, 5) is 16.0. The van der Waals surface area contributed by atoms with Crippen molar-refractivity contribution in [3.05, 3.63) is 22.9 Å². The van der Waals surface area contributed by atoms with Crippen LogP contribution in [0.1, 0.15) is 37.1 Å². The Morgan fingerprint density at radius 2 is 2.45 bits per heavy atom. The molecule has 0 aliphatic heterocycles. The third kappa shape index (κ3) is 3.51. The molecule has 1 aromatic rings. The Morgan fingerprint density at radius 1 is 1.65 bits per heavy atom. The molecule has 1 aromatic heterocycles. The van der Waals surface area contributed by atoms with E-state index in [0.29, 0.717) is 23.1 Å². The third-order valence-electron chi connectivity index (χ3n) is 3.35. The molecule has 1 unspecified atom stereocenters. The van der Waals surface area contributed by atoms with Gasteiger partial charge in [-0.15, -0.1) is 0 Å². The molecule has 0 fully saturated rings. The van der Waals surface area contributed by atoms with Crippen LogP contribution in [0.3, 0.4) is 0 Å². The van der Waals surface area contributed by atoms with E-state index in [1.807, 2.05) is 6.07 Å². The first-order valence-corrected chi connectivity index (χ1v) is 7.84. The van der Waals surface area contributed by atoms with Gasteiger partial charge in [0.15, 0.2) is 0 Å². The lowest BCUT2D eigenvalue weighted by molar-refractivity contribution is -0.139. The van der Waals surface area contributed by atoms with E-state index in [4.69, 9.17) is 4.74 Å². The fraction of sp³-hybridized carbons (Fsp3) is 0.533. The van der Waals surface area contributed by atoms with Crippen molar-refractivity contribution < 1.29 is 9.53 Å². The maximum absolute atomic E-state index is 11.4. The number of nitriles is 1. The molecule has 0 bridgehead atoms. The van der Waals surface area contributed by atoms with Gasteiger partial charge in [-0.25, -0.2) is 4.98 Å². The first kappa shape index (κ1) is 14.9. The predicted molar refractivity (Wildman–Crippen MR) is 77.5 cm³/mol. The zero-order valence-corrected chi connectivity index (χ0v) is 12.6. The van der Waals surface area contributed by atoms with Crippen molar-refractivity contribution in [2.45, 2.75) is 38.1 Å². The topological polar surface area (TPSA) is 63.0 Å². The number of nitrogens with zero attached hydrogens (tertiary/aromatic N) is 2. The minimum atomic E-state index is -0.269. The molecule has 1 aliphatic carbocycles. The van der Waals surface area contributed by atoms with Crippen LogP contribution in [-0.2, 0) is 22.4 Å². The van der Waals surface area contributed by atoms with E-state index in [2.05, 4.69) is 18.0 Å². The van der Waals surface area contributed by atoms with Crippen molar-refractivity contribution >= 4 is 17.7 Å². The van der Waals surface area contributed by atoms with Gasteiger partial charge in [0.1, 0.15) is 11.1 Å². The normalized spacial score (nSPS) is 17.1. The van der Waals surface area contributed by atoms with Crippen molar-refractivity contribution in [2.24, 2.45) is 5.92 Å². The van der Waals surface area contributed by atoms with Gasteiger partial charge in [0.2, 0.25) is 0 Å². The molecule has 0 N–H and O–H groups in total. The molecule has 0 saturated heterocycles. The summed E-state index contributed by atoms with van der Waals surface area (Å²) in [5.74, 6) is 0.577. The molecule has 1 atom stereocenters. The predicted octanol–water partition coefficient (Wildman–Crippen LogP) is 2.73. The fourth-order valence-electron chi connectivity index (χ4n) is 2.35. The van der Waals surface area contributed by atoms with Gasteiger partial charge in [-0.05, 0) is 43.7 Å². The van der Waals surface area contributed by atoms with Crippen molar-refractivity contribution in [3.63, 3.8) is 0 Å². The third-order valence-corrected chi connectivity index (χ3v) is 4.32. The van der Waals surface area contributed by atoms with Gasteiger partial charge in [-0.1, -0.05) is 18.7 Å². The van der Waals surface area contributed by atoms with E-state index in [-0.39, 0.29) is 11.7 Å². The molecule has 0 radical (unpaired) electrons. The minimum Gasteiger partial charge on any atom is -0.465 e. The summed E-state index contributed by atoms with van der Waals surface area (Å²) in [6.45, 7) is 4.37. The monoisotopic (exact) mass is 290 g/mol. The van der Waals surface area contributed by atoms with Crippen LogP contribution in [-0.4, -0.2) is 23.3 Å². The van der Waals surface area contributed by atoms with E-state index in [1.54, 1.807) is 6.92 Å². The highest BCUT2D eigenvalue weighted by Gasteiger charge is 2.19. The average Bonchev–Trinajstić information content (AvgIpc) is 2.44. The molecule has 5 heteroatoms. The largest absolute Gasteiger partial charge is 0.465 e. The number of rotatable bonds is 4. The summed E-state index contributed by atoms with van der Waals surface area (Å²) in [6.07, 6.45) is 3.07. The number of carbonyl (C=O) groups excluding carboxylic acids is 1. The molecule has 0 saturated carbocycles. The number of hydrogen-bond acceptors (Lipinski definition) is 5. The Kier molecular flexibility index (Phi) is 5.02. The highest BCUT2D eigenvalue weighted by molar-refractivity contribution is 7.99. The number of fused-ring (bicyclic) bond motifs is 1. The summed E-state index contributed by atoms with van der Waals surface area (Å²) < 4.78 is 4.89. The number of thioether (sulfide) groups is 1. The maximum atomic E-state index is 11.4. The SMILES string of the molecule is CCOC(=O)CSc1nc2c(cc1C#N)CC(C)CC2. The highest BCUT2D eigenvalue weighted by Crippen LogP contribution is 2.29. The fourth-order valence-corrected chi connectivity index (χ4v) is 3.12. The van der Waals surface area contributed by atoms with Crippen LogP contribution >= 0.6 is 11.8 Å². The van der Waals surface area contributed by atoms with Crippen LogP contribution in [0.4, 0.5) is 0 Å². The van der Waals surface area contributed by atoms with Crippen LogP contribution in [0.5, 0.6) is 0 Å². The first-order chi connectivity index (χ1) is 9.63. The number of hydrogen-bond donors (Lipinski definition) is 0. The molecule has 0 amide bonds. The van der Waals surface area contributed by atoms with Gasteiger partial charge in [0.05, 0.1) is 17.9 Å². The Morgan fingerprint density at radius 3 is 3.15 bits per heavy atom. The van der Waals surface area contributed by atoms with Gasteiger partial charge < -0.3 is 4.74 Å². The molecular formula is C15H18N2O2S. The lowest BCUT2D eigenvalue weighted by Crippen LogP contribution is -2.14. The Labute approximate surface area is 123 Å². The molecule has 0 aromatic carbocycles. The first-order valence-electron chi connectivity index (χ1n) is 6.85. The van der Waals surface area contributed by atoms with E-state index in [1.165, 1.54) is 17.3 Å². The molecule has 2 rings (SSSR count). The number of carbonyl (C=O) groups is 1. The van der Waals surface area contributed by atoms with Crippen LogP contribution in [0, 0.1) is 17.2 Å². The van der Waals surface area contributed by atoms with Crippen LogP contribution in [0.15, 0.2) is 11.1 Å². The Bertz CT molecular complexity index is 552. The van der Waals surface area contributed by atoms with E-state index >= 15 is 0 Å². The van der Waals surface area contributed by atoms with Crippen LogP contribution in [0.25, 0.3) is 0 Å². The molecule has 20 heavy (non-hydrogen) atoms. The zero-order chi connectivity index (χ0) is 14.5. The number of aromatic nitrogens is 1. The average molecular weight is 290 g/mol. The molecule has 4 nitrogen and oxygen atoms in total. The number of esters is 1. The summed E-state index contributed by atoms with van der Waals surface area (Å²) in [5.41, 5.74) is 2.82. The second kappa shape index (κ2) is 6.76. The van der Waals surface area contributed by atoms with E-state index in [9.17, 15) is 10.1 Å². The summed E-state index contributed by atoms with van der Waals surface area (Å²) in [6, 6.07) is 4.12. The lowest BCUT2D eigenvalue weighted by Gasteiger charge is -2.21. The van der Waals surface area contributed by atoms with Crippen LogP contribution in [0.2, 0.25) is 0 Å². The second-order valence-electron chi connectivity index (χ2n) is 5.00. The Balaban J connectivity index is 2.17.